The topological polar surface area (TPSA) is 59.8 Å². The predicted molar refractivity (Wildman–Crippen MR) is 136 cm³/mol. The largest absolute Gasteiger partial charge is 0.351 e. The van der Waals surface area contributed by atoms with Crippen molar-refractivity contribution in [3.05, 3.63) is 64.7 Å². The molecule has 0 saturated heterocycles. The number of thioether (sulfide) groups is 1. The minimum absolute atomic E-state index is 0.0213. The van der Waals surface area contributed by atoms with Crippen molar-refractivity contribution in [3.63, 3.8) is 0 Å². The van der Waals surface area contributed by atoms with E-state index < -0.39 is 0 Å². The molecule has 0 spiro atoms. The van der Waals surface area contributed by atoms with Crippen LogP contribution in [0.3, 0.4) is 0 Å². The van der Waals surface area contributed by atoms with Gasteiger partial charge in [-0.1, -0.05) is 93.4 Å². The number of hydrogen-bond acceptors (Lipinski definition) is 4. The fraction of sp³-hybridized carbons (Fsp3) is 0.423. The summed E-state index contributed by atoms with van der Waals surface area (Å²) in [5.74, 6) is 1.18. The maximum absolute atomic E-state index is 12.5. The normalized spacial score (nSPS) is 14.5. The summed E-state index contributed by atoms with van der Waals surface area (Å²) in [6.45, 7) is 7.14. The first-order valence-electron chi connectivity index (χ1n) is 11.5. The maximum atomic E-state index is 12.5. The highest BCUT2D eigenvalue weighted by Gasteiger charge is 2.25. The number of halogens is 1. The molecular weight excluding hydrogens is 452 g/mol. The van der Waals surface area contributed by atoms with E-state index in [9.17, 15) is 4.79 Å². The zero-order valence-electron chi connectivity index (χ0n) is 19.5. The van der Waals surface area contributed by atoms with Crippen LogP contribution in [0.1, 0.15) is 63.6 Å². The molecule has 0 atom stereocenters. The average Bonchev–Trinajstić information content (AvgIpc) is 3.46. The second-order valence-corrected chi connectivity index (χ2v) is 11.0. The Bertz CT molecular complexity index is 1080. The number of rotatable bonds is 7. The Morgan fingerprint density at radius 2 is 1.73 bits per heavy atom. The van der Waals surface area contributed by atoms with Crippen LogP contribution < -0.4 is 5.32 Å². The van der Waals surface area contributed by atoms with E-state index in [0.29, 0.717) is 23.4 Å². The predicted octanol–water partition coefficient (Wildman–Crippen LogP) is 6.42. The molecule has 0 aliphatic heterocycles. The second kappa shape index (κ2) is 10.3. The van der Waals surface area contributed by atoms with Gasteiger partial charge in [0, 0.05) is 23.2 Å². The zero-order valence-corrected chi connectivity index (χ0v) is 21.0. The summed E-state index contributed by atoms with van der Waals surface area (Å²) in [6.07, 6.45) is 4.69. The molecule has 2 aromatic carbocycles. The smallest absolute Gasteiger partial charge is 0.230 e. The van der Waals surface area contributed by atoms with Crippen molar-refractivity contribution in [1.82, 2.24) is 20.1 Å². The van der Waals surface area contributed by atoms with Crippen LogP contribution in [0.2, 0.25) is 5.02 Å². The summed E-state index contributed by atoms with van der Waals surface area (Å²) in [4.78, 5) is 12.5. The second-order valence-electron chi connectivity index (χ2n) is 9.63. The lowest BCUT2D eigenvalue weighted by Crippen LogP contribution is -2.24. The molecule has 4 rings (SSSR count). The van der Waals surface area contributed by atoms with E-state index in [1.54, 1.807) is 0 Å². The third-order valence-corrected chi connectivity index (χ3v) is 7.29. The van der Waals surface area contributed by atoms with Crippen LogP contribution in [-0.4, -0.2) is 26.4 Å². The van der Waals surface area contributed by atoms with E-state index in [4.69, 9.17) is 11.6 Å². The van der Waals surface area contributed by atoms with Crippen LogP contribution in [0.25, 0.3) is 11.4 Å². The summed E-state index contributed by atoms with van der Waals surface area (Å²) in [5, 5.41) is 13.5. The lowest BCUT2D eigenvalue weighted by atomic mass is 9.86. The van der Waals surface area contributed by atoms with Crippen molar-refractivity contribution in [2.45, 2.75) is 69.6 Å². The Morgan fingerprint density at radius 1 is 1.06 bits per heavy atom. The number of nitrogens with zero attached hydrogens (tertiary/aromatic N) is 3. The van der Waals surface area contributed by atoms with Gasteiger partial charge in [-0.15, -0.1) is 10.2 Å². The van der Waals surface area contributed by atoms with Gasteiger partial charge in [-0.2, -0.15) is 0 Å². The molecule has 1 N–H and O–H groups in total. The van der Waals surface area contributed by atoms with Crippen LogP contribution in [0.4, 0.5) is 0 Å². The molecule has 1 amide bonds. The van der Waals surface area contributed by atoms with E-state index in [2.05, 4.69) is 65.1 Å². The number of nitrogens with one attached hydrogen (secondary N) is 1. The van der Waals surface area contributed by atoms with E-state index in [-0.39, 0.29) is 11.3 Å². The first-order valence-corrected chi connectivity index (χ1v) is 12.9. The van der Waals surface area contributed by atoms with E-state index in [0.717, 1.165) is 34.9 Å². The van der Waals surface area contributed by atoms with Crippen molar-refractivity contribution >= 4 is 29.3 Å². The fourth-order valence-electron chi connectivity index (χ4n) is 4.17. The molecule has 1 heterocycles. The summed E-state index contributed by atoms with van der Waals surface area (Å²) in [7, 11) is 0. The minimum atomic E-state index is -0.0213. The Balaban J connectivity index is 1.47. The van der Waals surface area contributed by atoms with E-state index >= 15 is 0 Å². The molecule has 3 aromatic rings. The Labute approximate surface area is 205 Å². The molecule has 1 aromatic heterocycles. The monoisotopic (exact) mass is 482 g/mol. The van der Waals surface area contributed by atoms with Crippen LogP contribution in [0, 0.1) is 0 Å². The van der Waals surface area contributed by atoms with Crippen molar-refractivity contribution in [3.8, 4) is 11.4 Å². The van der Waals surface area contributed by atoms with Crippen molar-refractivity contribution in [2.75, 3.05) is 5.75 Å². The zero-order chi connectivity index (χ0) is 23.4. The number of amides is 1. The third-order valence-electron chi connectivity index (χ3n) is 6.10. The average molecular weight is 483 g/mol. The van der Waals surface area contributed by atoms with Crippen molar-refractivity contribution in [1.29, 1.82) is 0 Å². The molecule has 7 heteroatoms. The summed E-state index contributed by atoms with van der Waals surface area (Å²) < 4.78 is 2.26. The molecular formula is C26H31ClN4OS. The van der Waals surface area contributed by atoms with Crippen molar-refractivity contribution in [2.24, 2.45) is 0 Å². The number of carbonyl (C=O) groups is 1. The molecule has 1 fully saturated rings. The lowest BCUT2D eigenvalue weighted by molar-refractivity contribution is -0.118. The highest BCUT2D eigenvalue weighted by molar-refractivity contribution is 7.99. The van der Waals surface area contributed by atoms with E-state index in [1.807, 2.05) is 24.3 Å². The fourth-order valence-corrected chi connectivity index (χ4v) is 5.13. The molecule has 1 aliphatic carbocycles. The van der Waals surface area contributed by atoms with Gasteiger partial charge in [0.1, 0.15) is 0 Å². The number of hydrogen-bond donors (Lipinski definition) is 1. The van der Waals surface area contributed by atoms with E-state index in [1.165, 1.54) is 30.2 Å². The summed E-state index contributed by atoms with van der Waals surface area (Å²) in [6, 6.07) is 16.5. The van der Waals surface area contributed by atoms with Gasteiger partial charge in [-0.05, 0) is 41.5 Å². The highest BCUT2D eigenvalue weighted by Crippen LogP contribution is 2.37. The molecule has 174 valence electrons. The molecule has 0 radical (unpaired) electrons. The quantitative estimate of drug-likeness (QED) is 0.395. The molecule has 1 saturated carbocycles. The SMILES string of the molecule is CC(C)(C)c1ccc(-c2nnc(SCC(=O)NCc3ccc(Cl)cc3)n2C2CCCC2)cc1. The first kappa shape index (κ1) is 23.8. The number of aromatic nitrogens is 3. The maximum Gasteiger partial charge on any atom is 0.230 e. The van der Waals surface area contributed by atoms with Gasteiger partial charge >= 0.3 is 0 Å². The van der Waals surface area contributed by atoms with Gasteiger partial charge in [0.25, 0.3) is 0 Å². The third kappa shape index (κ3) is 5.98. The van der Waals surface area contributed by atoms with Gasteiger partial charge in [0.15, 0.2) is 11.0 Å². The molecule has 0 unspecified atom stereocenters. The van der Waals surface area contributed by atoms with Gasteiger partial charge in [-0.25, -0.2) is 0 Å². The Hall–Kier alpha value is -2.31. The molecule has 1 aliphatic rings. The van der Waals surface area contributed by atoms with Crippen LogP contribution in [0.15, 0.2) is 53.7 Å². The van der Waals surface area contributed by atoms with Gasteiger partial charge in [-0.3, -0.25) is 9.36 Å². The van der Waals surface area contributed by atoms with Gasteiger partial charge < -0.3 is 5.32 Å². The molecule has 33 heavy (non-hydrogen) atoms. The number of benzene rings is 2. The van der Waals surface area contributed by atoms with Crippen LogP contribution in [0.5, 0.6) is 0 Å². The standard InChI is InChI=1S/C26H31ClN4OS/c1-26(2,3)20-12-10-19(11-13-20)24-29-30-25(31(24)22-6-4-5-7-22)33-17-23(32)28-16-18-8-14-21(27)15-9-18/h8-15,22H,4-7,16-17H2,1-3H3,(H,28,32). The summed E-state index contributed by atoms with van der Waals surface area (Å²) >= 11 is 7.39. The van der Waals surface area contributed by atoms with Crippen LogP contribution in [-0.2, 0) is 16.8 Å². The highest BCUT2D eigenvalue weighted by atomic mass is 35.5. The van der Waals surface area contributed by atoms with Crippen molar-refractivity contribution < 1.29 is 4.79 Å². The Morgan fingerprint density at radius 3 is 2.36 bits per heavy atom. The first-order chi connectivity index (χ1) is 15.8. The van der Waals surface area contributed by atoms with Gasteiger partial charge in [0.05, 0.1) is 5.75 Å². The van der Waals surface area contributed by atoms with Crippen LogP contribution >= 0.6 is 23.4 Å². The molecule has 0 bridgehead atoms. The minimum Gasteiger partial charge on any atom is -0.351 e. The summed E-state index contributed by atoms with van der Waals surface area (Å²) in [5.41, 5.74) is 3.50. The van der Waals surface area contributed by atoms with Gasteiger partial charge in [0.2, 0.25) is 5.91 Å². The Kier molecular flexibility index (Phi) is 7.45. The molecule has 5 nitrogen and oxygen atoms in total. The number of carbonyl (C=O) groups excluding carboxylic acids is 1. The lowest BCUT2D eigenvalue weighted by Gasteiger charge is -2.20.